The van der Waals surface area contributed by atoms with Gasteiger partial charge >= 0.3 is 0 Å². The van der Waals surface area contributed by atoms with Crippen molar-refractivity contribution in [3.63, 3.8) is 0 Å². The fourth-order valence-corrected chi connectivity index (χ4v) is 5.04. The lowest BCUT2D eigenvalue weighted by Crippen LogP contribution is -2.14. The molecule has 2 saturated carbocycles. The van der Waals surface area contributed by atoms with Gasteiger partial charge < -0.3 is 0 Å². The van der Waals surface area contributed by atoms with Crippen LogP contribution in [-0.4, -0.2) is 0 Å². The van der Waals surface area contributed by atoms with Gasteiger partial charge in [-0.3, -0.25) is 0 Å². The van der Waals surface area contributed by atoms with Crippen LogP contribution in [0, 0.1) is 28.6 Å². The molecule has 90 valence electrons. The van der Waals surface area contributed by atoms with Crippen LogP contribution in [0.2, 0.25) is 0 Å². The van der Waals surface area contributed by atoms with Gasteiger partial charge in [0.1, 0.15) is 0 Å². The molecule has 4 atom stereocenters. The zero-order valence-corrected chi connectivity index (χ0v) is 11.6. The molecule has 0 bridgehead atoms. The van der Waals surface area contributed by atoms with Crippen LogP contribution < -0.4 is 0 Å². The van der Waals surface area contributed by atoms with E-state index in [1.807, 2.05) is 5.57 Å². The molecular weight excluding hydrogens is 192 g/mol. The lowest BCUT2D eigenvalue weighted by molar-refractivity contribution is 0.314. The van der Waals surface area contributed by atoms with Crippen molar-refractivity contribution >= 4 is 0 Å². The van der Waals surface area contributed by atoms with Gasteiger partial charge in [-0.15, -0.1) is 0 Å². The Morgan fingerprint density at radius 2 is 1.81 bits per heavy atom. The van der Waals surface area contributed by atoms with Gasteiger partial charge in [0, 0.05) is 0 Å². The minimum Gasteiger partial charge on any atom is -0.0735 e. The third-order valence-corrected chi connectivity index (χ3v) is 6.59. The topological polar surface area (TPSA) is 0 Å². The number of allylic oxidation sites excluding steroid dienone is 2. The molecule has 0 amide bonds. The monoisotopic (exact) mass is 218 g/mol. The number of rotatable bonds is 0. The van der Waals surface area contributed by atoms with Gasteiger partial charge in [-0.1, -0.05) is 38.8 Å². The summed E-state index contributed by atoms with van der Waals surface area (Å²) in [6, 6.07) is 0. The molecular formula is C16H26. The smallest absolute Gasteiger partial charge is 0.00817 e. The summed E-state index contributed by atoms with van der Waals surface area (Å²) in [6.45, 7) is 12.4. The van der Waals surface area contributed by atoms with E-state index in [0.717, 1.165) is 17.8 Å². The standard InChI is InChI=1S/C16H26/c1-10-8-9-16(5)14(15(16,3)4)13-11(2)6-7-12(10)13/h10,12,14H,6-9H2,1-5H3/t10-,12-,14-,16-/m1/s1. The minimum atomic E-state index is 0.576. The summed E-state index contributed by atoms with van der Waals surface area (Å²) in [5.74, 6) is 2.79. The maximum absolute atomic E-state index is 2.55. The van der Waals surface area contributed by atoms with Crippen LogP contribution in [0.4, 0.5) is 0 Å². The highest BCUT2D eigenvalue weighted by Gasteiger charge is 2.70. The first kappa shape index (κ1) is 10.9. The molecule has 0 heteroatoms. The zero-order chi connectivity index (χ0) is 11.7. The summed E-state index contributed by atoms with van der Waals surface area (Å²) in [5.41, 5.74) is 4.85. The van der Waals surface area contributed by atoms with Crippen molar-refractivity contribution in [3.8, 4) is 0 Å². The Morgan fingerprint density at radius 3 is 2.50 bits per heavy atom. The molecule has 0 aromatic rings. The first-order valence-corrected chi connectivity index (χ1v) is 7.09. The van der Waals surface area contributed by atoms with Gasteiger partial charge in [0.2, 0.25) is 0 Å². The summed E-state index contributed by atoms with van der Waals surface area (Å²) in [6.07, 6.45) is 5.75. The van der Waals surface area contributed by atoms with Gasteiger partial charge in [-0.25, -0.2) is 0 Å². The van der Waals surface area contributed by atoms with Crippen LogP contribution in [0.5, 0.6) is 0 Å². The average Bonchev–Trinajstić information content (AvgIpc) is 2.51. The summed E-state index contributed by atoms with van der Waals surface area (Å²) in [7, 11) is 0. The highest BCUT2D eigenvalue weighted by Crippen LogP contribution is 2.77. The molecule has 3 rings (SSSR count). The van der Waals surface area contributed by atoms with Crippen LogP contribution in [0.3, 0.4) is 0 Å². The van der Waals surface area contributed by atoms with E-state index in [1.54, 1.807) is 5.57 Å². The molecule has 2 fully saturated rings. The van der Waals surface area contributed by atoms with Crippen molar-refractivity contribution in [3.05, 3.63) is 11.1 Å². The highest BCUT2D eigenvalue weighted by molar-refractivity contribution is 5.38. The van der Waals surface area contributed by atoms with E-state index in [1.165, 1.54) is 25.7 Å². The van der Waals surface area contributed by atoms with E-state index < -0.39 is 0 Å². The number of hydrogen-bond acceptors (Lipinski definition) is 0. The first-order valence-electron chi connectivity index (χ1n) is 7.09. The van der Waals surface area contributed by atoms with Crippen molar-refractivity contribution in [1.29, 1.82) is 0 Å². The SMILES string of the molecule is CC1=C2[C@@H]3C(C)(C)[C@]3(C)CC[C@@H](C)[C@H]2CC1. The molecule has 0 radical (unpaired) electrons. The molecule has 0 unspecified atom stereocenters. The fraction of sp³-hybridized carbons (Fsp3) is 0.875. The van der Waals surface area contributed by atoms with Crippen molar-refractivity contribution in [2.75, 3.05) is 0 Å². The summed E-state index contributed by atoms with van der Waals surface area (Å²) in [5, 5.41) is 0. The van der Waals surface area contributed by atoms with E-state index in [0.29, 0.717) is 10.8 Å². The molecule has 0 aliphatic heterocycles. The van der Waals surface area contributed by atoms with Crippen molar-refractivity contribution < 1.29 is 0 Å². The molecule has 16 heavy (non-hydrogen) atoms. The van der Waals surface area contributed by atoms with Crippen molar-refractivity contribution in [2.24, 2.45) is 28.6 Å². The van der Waals surface area contributed by atoms with Crippen LogP contribution >= 0.6 is 0 Å². The first-order chi connectivity index (χ1) is 7.39. The molecule has 0 aromatic carbocycles. The molecule has 0 spiro atoms. The molecule has 0 heterocycles. The van der Waals surface area contributed by atoms with Crippen molar-refractivity contribution in [2.45, 2.75) is 60.3 Å². The second-order valence-electron chi connectivity index (χ2n) is 7.47. The predicted octanol–water partition coefficient (Wildman–Crippen LogP) is 4.81. The summed E-state index contributed by atoms with van der Waals surface area (Å²) in [4.78, 5) is 0. The second-order valence-corrected chi connectivity index (χ2v) is 7.47. The van der Waals surface area contributed by atoms with E-state index in [4.69, 9.17) is 0 Å². The Kier molecular flexibility index (Phi) is 2.00. The number of fused-ring (bicyclic) bond motifs is 3. The fourth-order valence-electron chi connectivity index (χ4n) is 5.04. The maximum atomic E-state index is 2.55. The van der Waals surface area contributed by atoms with Crippen LogP contribution in [0.1, 0.15) is 60.3 Å². The normalized spacial score (nSPS) is 49.7. The van der Waals surface area contributed by atoms with Crippen molar-refractivity contribution in [1.82, 2.24) is 0 Å². The van der Waals surface area contributed by atoms with E-state index in [9.17, 15) is 0 Å². The Labute approximate surface area is 101 Å². The van der Waals surface area contributed by atoms with Gasteiger partial charge in [0.05, 0.1) is 0 Å². The van der Waals surface area contributed by atoms with Crippen LogP contribution in [-0.2, 0) is 0 Å². The Balaban J connectivity index is 2.06. The lowest BCUT2D eigenvalue weighted by atomic mass is 9.82. The highest BCUT2D eigenvalue weighted by atomic mass is 14.7. The largest absolute Gasteiger partial charge is 0.0735 e. The Hall–Kier alpha value is -0.260. The molecule has 0 N–H and O–H groups in total. The summed E-state index contributed by atoms with van der Waals surface area (Å²) >= 11 is 0. The predicted molar refractivity (Wildman–Crippen MR) is 69.2 cm³/mol. The van der Waals surface area contributed by atoms with Crippen LogP contribution in [0.25, 0.3) is 0 Å². The molecule has 3 aliphatic rings. The van der Waals surface area contributed by atoms with E-state index >= 15 is 0 Å². The molecule has 0 nitrogen and oxygen atoms in total. The Morgan fingerprint density at radius 1 is 1.12 bits per heavy atom. The third-order valence-electron chi connectivity index (χ3n) is 6.59. The minimum absolute atomic E-state index is 0.576. The van der Waals surface area contributed by atoms with Gasteiger partial charge in [0.25, 0.3) is 0 Å². The molecule has 0 saturated heterocycles. The second kappa shape index (κ2) is 2.94. The third kappa shape index (κ3) is 1.07. The van der Waals surface area contributed by atoms with Gasteiger partial charge in [-0.2, -0.15) is 0 Å². The zero-order valence-electron chi connectivity index (χ0n) is 11.6. The Bertz CT molecular complexity index is 360. The van der Waals surface area contributed by atoms with E-state index in [-0.39, 0.29) is 0 Å². The summed E-state index contributed by atoms with van der Waals surface area (Å²) < 4.78 is 0. The number of hydrogen-bond donors (Lipinski definition) is 0. The maximum Gasteiger partial charge on any atom is -0.00817 e. The average molecular weight is 218 g/mol. The van der Waals surface area contributed by atoms with E-state index in [2.05, 4.69) is 34.6 Å². The lowest BCUT2D eigenvalue weighted by Gasteiger charge is -2.23. The quantitative estimate of drug-likeness (QED) is 0.512. The van der Waals surface area contributed by atoms with Gasteiger partial charge in [-0.05, 0) is 61.2 Å². The van der Waals surface area contributed by atoms with Crippen LogP contribution in [0.15, 0.2) is 11.1 Å². The molecule has 3 aliphatic carbocycles. The van der Waals surface area contributed by atoms with Gasteiger partial charge in [0.15, 0.2) is 0 Å². The molecule has 0 aromatic heterocycles.